The van der Waals surface area contributed by atoms with Crippen LogP contribution in [0.4, 0.5) is 0 Å². The molecule has 0 N–H and O–H groups in total. The van der Waals surface area contributed by atoms with Crippen molar-refractivity contribution in [2.75, 3.05) is 7.11 Å². The molecule has 0 aliphatic rings. The molecule has 0 fully saturated rings. The molecule has 1 nitrogen and oxygen atoms in total. The van der Waals surface area contributed by atoms with Gasteiger partial charge in [-0.1, -0.05) is 84.9 Å². The maximum absolute atomic E-state index is 8.25. The maximum Gasteiger partial charge on any atom is 0.116 e. The van der Waals surface area contributed by atoms with Gasteiger partial charge in [-0.2, -0.15) is 7.11 Å². The Hall–Kier alpha value is -2.73. The molecule has 28 heavy (non-hydrogen) atoms. The van der Waals surface area contributed by atoms with Crippen LogP contribution in [0.15, 0.2) is 121 Å². The van der Waals surface area contributed by atoms with Crippen molar-refractivity contribution in [3.8, 4) is 0 Å². The summed E-state index contributed by atoms with van der Waals surface area (Å²) in [6.07, 6.45) is 1.03. The van der Waals surface area contributed by atoms with Gasteiger partial charge >= 0.3 is 0 Å². The van der Waals surface area contributed by atoms with Gasteiger partial charge in [-0.3, -0.25) is 0 Å². The SMILES string of the molecule is C[O-].c1ccc(C[P+](c2ccccc2)(c2ccccc2)c2ccccc2)cc1. The minimum atomic E-state index is -1.78. The summed E-state index contributed by atoms with van der Waals surface area (Å²) in [6, 6.07) is 44.0. The highest BCUT2D eigenvalue weighted by molar-refractivity contribution is 7.95. The topological polar surface area (TPSA) is 23.1 Å². The molecule has 0 amide bonds. The number of rotatable bonds is 5. The number of hydrogen-bond donors (Lipinski definition) is 0. The van der Waals surface area contributed by atoms with Crippen molar-refractivity contribution in [1.82, 2.24) is 0 Å². The molecule has 0 unspecified atom stereocenters. The molecule has 0 aromatic heterocycles. The summed E-state index contributed by atoms with van der Waals surface area (Å²) in [5.74, 6) is 0. The van der Waals surface area contributed by atoms with Crippen molar-refractivity contribution >= 4 is 23.2 Å². The highest BCUT2D eigenvalue weighted by atomic mass is 31.2. The molecule has 0 aliphatic carbocycles. The van der Waals surface area contributed by atoms with E-state index in [9.17, 15) is 0 Å². The molecular formula is C26H25OP. The van der Waals surface area contributed by atoms with Crippen LogP contribution in [0.2, 0.25) is 0 Å². The molecule has 140 valence electrons. The Morgan fingerprint density at radius 2 is 0.750 bits per heavy atom. The fraction of sp³-hybridized carbons (Fsp3) is 0.0769. The third-order valence-corrected chi connectivity index (χ3v) is 9.23. The van der Waals surface area contributed by atoms with Gasteiger partial charge in [-0.05, 0) is 42.0 Å². The zero-order valence-electron chi connectivity index (χ0n) is 16.1. The standard InChI is InChI=1S/C25H22P.CH3O/c1-5-13-22(14-6-1)21-26(23-15-7-2-8-16-23,24-17-9-3-10-18-24)25-19-11-4-12-20-25;1-2/h1-20H,21H2;1H3/q+1;-1. The Morgan fingerprint density at radius 1 is 0.464 bits per heavy atom. The quantitative estimate of drug-likeness (QED) is 0.474. The van der Waals surface area contributed by atoms with Gasteiger partial charge in [-0.25, -0.2) is 0 Å². The van der Waals surface area contributed by atoms with E-state index < -0.39 is 7.26 Å². The molecule has 2 heteroatoms. The molecule has 0 saturated carbocycles. The first-order valence-electron chi connectivity index (χ1n) is 9.39. The second-order valence-electron chi connectivity index (χ2n) is 6.46. The molecule has 0 atom stereocenters. The van der Waals surface area contributed by atoms with Gasteiger partial charge in [0.1, 0.15) is 23.2 Å². The van der Waals surface area contributed by atoms with E-state index in [1.54, 1.807) is 0 Å². The summed E-state index contributed by atoms with van der Waals surface area (Å²) in [5, 5.41) is 12.5. The summed E-state index contributed by atoms with van der Waals surface area (Å²) in [5.41, 5.74) is 1.39. The van der Waals surface area contributed by atoms with Crippen molar-refractivity contribution in [3.05, 3.63) is 127 Å². The molecule has 0 spiro atoms. The first-order chi connectivity index (χ1) is 13.9. The highest BCUT2D eigenvalue weighted by Crippen LogP contribution is 2.58. The third kappa shape index (κ3) is 4.22. The molecule has 4 rings (SSSR count). The van der Waals surface area contributed by atoms with Crippen LogP contribution in [0.3, 0.4) is 0 Å². The van der Waals surface area contributed by atoms with Gasteiger partial charge in [0.15, 0.2) is 0 Å². The van der Waals surface area contributed by atoms with Crippen LogP contribution in [0.5, 0.6) is 0 Å². The summed E-state index contributed by atoms with van der Waals surface area (Å²) in [4.78, 5) is 0. The summed E-state index contributed by atoms with van der Waals surface area (Å²) in [7, 11) is -1.03. The maximum atomic E-state index is 8.25. The molecule has 4 aromatic rings. The van der Waals surface area contributed by atoms with Crippen LogP contribution in [0, 0.1) is 0 Å². The van der Waals surface area contributed by atoms with E-state index in [-0.39, 0.29) is 0 Å². The van der Waals surface area contributed by atoms with Crippen LogP contribution in [0.1, 0.15) is 5.56 Å². The second kappa shape index (κ2) is 9.99. The van der Waals surface area contributed by atoms with Gasteiger partial charge in [0.2, 0.25) is 0 Å². The zero-order chi connectivity index (χ0) is 19.7. The second-order valence-corrected chi connectivity index (χ2v) is 9.95. The van der Waals surface area contributed by atoms with E-state index >= 15 is 0 Å². The average Bonchev–Trinajstić information content (AvgIpc) is 2.81. The Labute approximate surface area is 168 Å². The summed E-state index contributed by atoms with van der Waals surface area (Å²) < 4.78 is 0. The van der Waals surface area contributed by atoms with Crippen LogP contribution < -0.4 is 21.0 Å². The van der Waals surface area contributed by atoms with Crippen LogP contribution in [0.25, 0.3) is 0 Å². The fourth-order valence-electron chi connectivity index (χ4n) is 3.63. The van der Waals surface area contributed by atoms with Gasteiger partial charge in [0.25, 0.3) is 0 Å². The average molecular weight is 384 g/mol. The number of hydrogen-bond acceptors (Lipinski definition) is 1. The smallest absolute Gasteiger partial charge is 0.116 e. The Kier molecular flexibility index (Phi) is 7.14. The van der Waals surface area contributed by atoms with Crippen molar-refractivity contribution < 1.29 is 5.11 Å². The molecular weight excluding hydrogens is 359 g/mol. The van der Waals surface area contributed by atoms with Crippen molar-refractivity contribution in [3.63, 3.8) is 0 Å². The molecule has 0 heterocycles. The van der Waals surface area contributed by atoms with E-state index in [0.717, 1.165) is 13.3 Å². The zero-order valence-corrected chi connectivity index (χ0v) is 17.0. The minimum absolute atomic E-state index is 0.750. The van der Waals surface area contributed by atoms with Crippen molar-refractivity contribution in [2.24, 2.45) is 0 Å². The first kappa shape index (κ1) is 20.0. The molecule has 0 aliphatic heterocycles. The predicted octanol–water partition coefficient (Wildman–Crippen LogP) is 4.16. The van der Waals surface area contributed by atoms with Crippen molar-refractivity contribution in [2.45, 2.75) is 6.16 Å². The van der Waals surface area contributed by atoms with E-state index in [4.69, 9.17) is 5.11 Å². The first-order valence-corrected chi connectivity index (χ1v) is 11.4. The lowest BCUT2D eigenvalue weighted by molar-refractivity contribution is -0.325. The minimum Gasteiger partial charge on any atom is -0.857 e. The lowest BCUT2D eigenvalue weighted by Gasteiger charge is -2.27. The van der Waals surface area contributed by atoms with Gasteiger partial charge in [0.05, 0.1) is 6.16 Å². The van der Waals surface area contributed by atoms with Gasteiger partial charge < -0.3 is 5.11 Å². The Morgan fingerprint density at radius 3 is 1.07 bits per heavy atom. The predicted molar refractivity (Wildman–Crippen MR) is 121 cm³/mol. The monoisotopic (exact) mass is 384 g/mol. The van der Waals surface area contributed by atoms with Gasteiger partial charge in [0, 0.05) is 0 Å². The van der Waals surface area contributed by atoms with E-state index in [2.05, 4.69) is 121 Å². The van der Waals surface area contributed by atoms with E-state index in [0.29, 0.717) is 0 Å². The molecule has 0 bridgehead atoms. The molecule has 0 saturated heterocycles. The molecule has 4 aromatic carbocycles. The third-order valence-electron chi connectivity index (χ3n) is 4.85. The van der Waals surface area contributed by atoms with E-state index in [1.165, 1.54) is 21.5 Å². The van der Waals surface area contributed by atoms with Crippen LogP contribution in [-0.2, 0) is 6.16 Å². The molecule has 0 radical (unpaired) electrons. The van der Waals surface area contributed by atoms with Gasteiger partial charge in [-0.15, -0.1) is 0 Å². The summed E-state index contributed by atoms with van der Waals surface area (Å²) in [6.45, 7) is 0. The number of benzene rings is 4. The van der Waals surface area contributed by atoms with E-state index in [1.807, 2.05) is 0 Å². The fourth-order valence-corrected chi connectivity index (χ4v) is 7.87. The summed E-state index contributed by atoms with van der Waals surface area (Å²) >= 11 is 0. The van der Waals surface area contributed by atoms with Crippen LogP contribution >= 0.6 is 7.26 Å². The Balaban J connectivity index is 0.00000109. The normalized spacial score (nSPS) is 10.6. The largest absolute Gasteiger partial charge is 0.857 e. The lowest BCUT2D eigenvalue weighted by atomic mass is 10.2. The van der Waals surface area contributed by atoms with Crippen molar-refractivity contribution in [1.29, 1.82) is 0 Å². The van der Waals surface area contributed by atoms with Crippen LogP contribution in [-0.4, -0.2) is 7.11 Å². The highest BCUT2D eigenvalue weighted by Gasteiger charge is 2.45. The lowest BCUT2D eigenvalue weighted by Crippen LogP contribution is -2.32. The Bertz CT molecular complexity index is 842.